The Balaban J connectivity index is 2.15. The molecule has 1 aliphatic carbocycles. The number of carboxylic acids is 1. The van der Waals surface area contributed by atoms with E-state index in [1.807, 2.05) is 0 Å². The van der Waals surface area contributed by atoms with Crippen molar-refractivity contribution in [1.82, 2.24) is 16.0 Å². The van der Waals surface area contributed by atoms with Crippen LogP contribution in [0, 0.1) is 11.8 Å². The van der Waals surface area contributed by atoms with Gasteiger partial charge in [0.05, 0.1) is 19.1 Å². The zero-order valence-electron chi connectivity index (χ0n) is 12.2. The molecule has 8 nitrogen and oxygen atoms in total. The average Bonchev–Trinajstić information content (AvgIpc) is 2.87. The van der Waals surface area contributed by atoms with Crippen molar-refractivity contribution >= 4 is 17.9 Å². The normalized spacial score (nSPS) is 21.0. The lowest BCUT2D eigenvalue weighted by molar-refractivity contribution is -0.142. The molecule has 1 rings (SSSR count). The fourth-order valence-electron chi connectivity index (χ4n) is 2.46. The number of rotatable bonds is 8. The lowest BCUT2D eigenvalue weighted by Gasteiger charge is -2.16. The standard InChI is InChI=1S/C13H23N3O5/c1-21-6-5-15-13(20)16-11(17)8-14-7-9-3-2-4-10(9)12(18)19/h9-10,14H,2-8H2,1H3,(H,18,19)(H2,15,16,17,20). The van der Waals surface area contributed by atoms with Crippen LogP contribution in [0.5, 0.6) is 0 Å². The first-order valence-electron chi connectivity index (χ1n) is 7.04. The molecule has 0 saturated heterocycles. The quantitative estimate of drug-likeness (QED) is 0.451. The number of amides is 3. The van der Waals surface area contributed by atoms with Crippen molar-refractivity contribution in [3.05, 3.63) is 0 Å². The van der Waals surface area contributed by atoms with Crippen LogP contribution in [0.2, 0.25) is 0 Å². The lowest BCUT2D eigenvalue weighted by atomic mass is 9.96. The van der Waals surface area contributed by atoms with Crippen LogP contribution in [0.4, 0.5) is 4.79 Å². The van der Waals surface area contributed by atoms with E-state index < -0.39 is 17.9 Å². The van der Waals surface area contributed by atoms with Gasteiger partial charge in [0.2, 0.25) is 5.91 Å². The summed E-state index contributed by atoms with van der Waals surface area (Å²) in [6, 6.07) is -0.567. The molecule has 0 aliphatic heterocycles. The molecule has 0 radical (unpaired) electrons. The van der Waals surface area contributed by atoms with E-state index in [4.69, 9.17) is 9.84 Å². The zero-order chi connectivity index (χ0) is 15.7. The monoisotopic (exact) mass is 301 g/mol. The molecule has 21 heavy (non-hydrogen) atoms. The molecule has 2 unspecified atom stereocenters. The van der Waals surface area contributed by atoms with Gasteiger partial charge in [0.15, 0.2) is 0 Å². The highest BCUT2D eigenvalue weighted by molar-refractivity contribution is 5.95. The van der Waals surface area contributed by atoms with Gasteiger partial charge in [-0.25, -0.2) is 4.79 Å². The number of nitrogens with one attached hydrogen (secondary N) is 3. The minimum Gasteiger partial charge on any atom is -0.481 e. The average molecular weight is 301 g/mol. The van der Waals surface area contributed by atoms with Gasteiger partial charge < -0.3 is 20.5 Å². The van der Waals surface area contributed by atoms with Crippen LogP contribution in [0.3, 0.4) is 0 Å². The molecule has 3 amide bonds. The smallest absolute Gasteiger partial charge is 0.321 e. The van der Waals surface area contributed by atoms with E-state index in [1.54, 1.807) is 0 Å². The fourth-order valence-corrected chi connectivity index (χ4v) is 2.46. The van der Waals surface area contributed by atoms with Crippen LogP contribution >= 0.6 is 0 Å². The SMILES string of the molecule is COCCNC(=O)NC(=O)CNCC1CCCC1C(=O)O. The van der Waals surface area contributed by atoms with Gasteiger partial charge >= 0.3 is 12.0 Å². The number of hydrogen-bond acceptors (Lipinski definition) is 5. The van der Waals surface area contributed by atoms with Crippen molar-refractivity contribution in [2.45, 2.75) is 19.3 Å². The van der Waals surface area contributed by atoms with Gasteiger partial charge in [0, 0.05) is 13.7 Å². The Morgan fingerprint density at radius 2 is 2.05 bits per heavy atom. The highest BCUT2D eigenvalue weighted by atomic mass is 16.5. The molecular formula is C13H23N3O5. The summed E-state index contributed by atoms with van der Waals surface area (Å²) in [5.41, 5.74) is 0. The Labute approximate surface area is 123 Å². The second-order valence-corrected chi connectivity index (χ2v) is 5.06. The maximum Gasteiger partial charge on any atom is 0.321 e. The molecule has 2 atom stereocenters. The summed E-state index contributed by atoms with van der Waals surface area (Å²) < 4.78 is 4.76. The van der Waals surface area contributed by atoms with Gasteiger partial charge in [0.1, 0.15) is 0 Å². The third-order valence-corrected chi connectivity index (χ3v) is 3.51. The molecule has 8 heteroatoms. The molecule has 1 fully saturated rings. The van der Waals surface area contributed by atoms with Crippen LogP contribution in [0.25, 0.3) is 0 Å². The van der Waals surface area contributed by atoms with Crippen molar-refractivity contribution < 1.29 is 24.2 Å². The van der Waals surface area contributed by atoms with E-state index in [0.717, 1.165) is 12.8 Å². The number of imide groups is 1. The molecule has 0 aromatic rings. The minimum atomic E-state index is -0.777. The van der Waals surface area contributed by atoms with Gasteiger partial charge in [-0.15, -0.1) is 0 Å². The second-order valence-electron chi connectivity index (χ2n) is 5.06. The Kier molecular flexibility index (Phi) is 7.70. The van der Waals surface area contributed by atoms with E-state index in [9.17, 15) is 14.4 Å². The van der Waals surface area contributed by atoms with Crippen molar-refractivity contribution in [2.24, 2.45) is 11.8 Å². The predicted octanol–water partition coefficient (Wildman–Crippen LogP) is -0.451. The summed E-state index contributed by atoms with van der Waals surface area (Å²) in [7, 11) is 1.52. The number of carbonyl (C=O) groups is 3. The highest BCUT2D eigenvalue weighted by Gasteiger charge is 2.32. The molecule has 0 aromatic carbocycles. The summed E-state index contributed by atoms with van der Waals surface area (Å²) in [6.45, 7) is 1.15. The van der Waals surface area contributed by atoms with Crippen LogP contribution in [0.15, 0.2) is 0 Å². The minimum absolute atomic E-state index is 0.0134. The van der Waals surface area contributed by atoms with Crippen LogP contribution in [-0.4, -0.2) is 56.4 Å². The topological polar surface area (TPSA) is 117 Å². The largest absolute Gasteiger partial charge is 0.481 e. The number of carboxylic acid groups (broad SMARTS) is 1. The van der Waals surface area contributed by atoms with Gasteiger partial charge in [-0.3, -0.25) is 14.9 Å². The zero-order valence-corrected chi connectivity index (χ0v) is 12.2. The van der Waals surface area contributed by atoms with Gasteiger partial charge in [-0.2, -0.15) is 0 Å². The highest BCUT2D eigenvalue weighted by Crippen LogP contribution is 2.31. The van der Waals surface area contributed by atoms with E-state index in [1.165, 1.54) is 7.11 Å². The first-order chi connectivity index (χ1) is 10.0. The lowest BCUT2D eigenvalue weighted by Crippen LogP contribution is -2.45. The first kappa shape index (κ1) is 17.4. The molecular weight excluding hydrogens is 278 g/mol. The van der Waals surface area contributed by atoms with Crippen molar-refractivity contribution in [2.75, 3.05) is 33.4 Å². The summed E-state index contributed by atoms with van der Waals surface area (Å²) in [4.78, 5) is 33.8. The molecule has 1 aliphatic rings. The number of urea groups is 1. The number of aliphatic carboxylic acids is 1. The summed E-state index contributed by atoms with van der Waals surface area (Å²) in [5, 5.41) is 16.6. The number of hydrogen-bond donors (Lipinski definition) is 4. The van der Waals surface area contributed by atoms with Crippen molar-refractivity contribution in [3.63, 3.8) is 0 Å². The van der Waals surface area contributed by atoms with Crippen LogP contribution in [0.1, 0.15) is 19.3 Å². The van der Waals surface area contributed by atoms with Crippen molar-refractivity contribution in [1.29, 1.82) is 0 Å². The Bertz CT molecular complexity index is 375. The Morgan fingerprint density at radius 3 is 2.71 bits per heavy atom. The third-order valence-electron chi connectivity index (χ3n) is 3.51. The third kappa shape index (κ3) is 6.54. The number of carbonyl (C=O) groups excluding carboxylic acids is 2. The molecule has 0 heterocycles. The Hall–Kier alpha value is -1.67. The maximum absolute atomic E-state index is 11.5. The first-order valence-corrected chi connectivity index (χ1v) is 7.04. The molecule has 4 N–H and O–H groups in total. The molecule has 1 saturated carbocycles. The van der Waals surface area contributed by atoms with Gasteiger partial charge in [-0.1, -0.05) is 6.42 Å². The summed E-state index contributed by atoms with van der Waals surface area (Å²) in [5.74, 6) is -1.51. The molecule has 120 valence electrons. The van der Waals surface area contributed by atoms with E-state index in [2.05, 4.69) is 16.0 Å². The predicted molar refractivity (Wildman–Crippen MR) is 74.8 cm³/mol. The Morgan fingerprint density at radius 1 is 1.29 bits per heavy atom. The number of methoxy groups -OCH3 is 1. The fraction of sp³-hybridized carbons (Fsp3) is 0.769. The molecule has 0 spiro atoms. The van der Waals surface area contributed by atoms with Crippen molar-refractivity contribution in [3.8, 4) is 0 Å². The maximum atomic E-state index is 11.5. The van der Waals surface area contributed by atoms with Gasteiger partial charge in [-0.05, 0) is 25.3 Å². The van der Waals surface area contributed by atoms with E-state index in [0.29, 0.717) is 26.1 Å². The van der Waals surface area contributed by atoms with Gasteiger partial charge in [0.25, 0.3) is 0 Å². The molecule has 0 aromatic heterocycles. The molecule has 0 bridgehead atoms. The summed E-state index contributed by atoms with van der Waals surface area (Å²) >= 11 is 0. The van der Waals surface area contributed by atoms with E-state index >= 15 is 0 Å². The summed E-state index contributed by atoms with van der Waals surface area (Å²) in [6.07, 6.45) is 2.44. The van der Waals surface area contributed by atoms with Crippen LogP contribution in [-0.2, 0) is 14.3 Å². The second kappa shape index (κ2) is 9.30. The number of ether oxygens (including phenoxy) is 1. The van der Waals surface area contributed by atoms with Crippen LogP contribution < -0.4 is 16.0 Å². The van der Waals surface area contributed by atoms with E-state index in [-0.39, 0.29) is 18.4 Å².